The Morgan fingerprint density at radius 1 is 0.640 bits per heavy atom. The van der Waals surface area contributed by atoms with Gasteiger partial charge in [0.15, 0.2) is 0 Å². The van der Waals surface area contributed by atoms with Crippen molar-refractivity contribution in [2.45, 2.75) is 96.8 Å². The molecule has 1 aromatic carbocycles. The molecular weight excluding hydrogens is 308 g/mol. The van der Waals surface area contributed by atoms with Gasteiger partial charge in [-0.3, -0.25) is 0 Å². The minimum atomic E-state index is 0.159. The lowest BCUT2D eigenvalue weighted by Crippen LogP contribution is -1.87. The number of phenolic OH excluding ortho intramolecular Hbond substituents is 2. The second-order valence-electron chi connectivity index (χ2n) is 7.19. The van der Waals surface area contributed by atoms with E-state index >= 15 is 0 Å². The molecule has 1 aromatic rings. The Labute approximate surface area is 155 Å². The predicted octanol–water partition coefficient (Wildman–Crippen LogP) is 7.29. The van der Waals surface area contributed by atoms with Crippen LogP contribution in [0.3, 0.4) is 0 Å². The number of hydrogen-bond donors (Lipinski definition) is 2. The molecule has 25 heavy (non-hydrogen) atoms. The van der Waals surface area contributed by atoms with Crippen molar-refractivity contribution in [2.75, 3.05) is 0 Å². The lowest BCUT2D eigenvalue weighted by Gasteiger charge is -2.04. The van der Waals surface area contributed by atoms with Crippen molar-refractivity contribution in [3.8, 4) is 11.5 Å². The van der Waals surface area contributed by atoms with Gasteiger partial charge in [-0.2, -0.15) is 0 Å². The zero-order chi connectivity index (χ0) is 18.2. The monoisotopic (exact) mass is 346 g/mol. The summed E-state index contributed by atoms with van der Waals surface area (Å²) in [5.41, 5.74) is 1.03. The number of benzene rings is 1. The number of hydrogen-bond acceptors (Lipinski definition) is 2. The summed E-state index contributed by atoms with van der Waals surface area (Å²) in [5.74, 6) is 0.318. The first-order valence-corrected chi connectivity index (χ1v) is 10.4. The van der Waals surface area contributed by atoms with Crippen LogP contribution in [0.15, 0.2) is 30.4 Å². The summed E-state index contributed by atoms with van der Waals surface area (Å²) in [4.78, 5) is 0. The van der Waals surface area contributed by atoms with E-state index in [-0.39, 0.29) is 11.5 Å². The predicted molar refractivity (Wildman–Crippen MR) is 108 cm³/mol. The number of allylic oxidation sites excluding steroid dienone is 2. The second-order valence-corrected chi connectivity index (χ2v) is 7.19. The molecule has 0 radical (unpaired) electrons. The Morgan fingerprint density at radius 3 is 1.68 bits per heavy atom. The largest absolute Gasteiger partial charge is 0.508 e. The summed E-state index contributed by atoms with van der Waals surface area (Å²) in [6, 6.07) is 4.88. The molecule has 142 valence electrons. The van der Waals surface area contributed by atoms with Crippen molar-refractivity contribution in [1.29, 1.82) is 0 Å². The number of rotatable bonds is 15. The Hall–Kier alpha value is -1.44. The highest BCUT2D eigenvalue weighted by Gasteiger charge is 1.99. The number of aromatic hydroxyl groups is 2. The molecule has 0 heterocycles. The minimum absolute atomic E-state index is 0.159. The molecule has 0 aromatic heterocycles. The average molecular weight is 347 g/mol. The summed E-state index contributed by atoms with van der Waals surface area (Å²) in [6.45, 7) is 2.24. The Morgan fingerprint density at radius 2 is 1.12 bits per heavy atom. The summed E-state index contributed by atoms with van der Waals surface area (Å²) in [5, 5.41) is 18.9. The van der Waals surface area contributed by atoms with Gasteiger partial charge in [0.2, 0.25) is 0 Å². The van der Waals surface area contributed by atoms with E-state index in [1.807, 2.05) is 0 Å². The van der Waals surface area contributed by atoms with E-state index in [0.717, 1.165) is 18.4 Å². The molecule has 0 fully saturated rings. The van der Waals surface area contributed by atoms with Gasteiger partial charge in [0.25, 0.3) is 0 Å². The standard InChI is InChI=1S/C23H38O2/c1-2-3-4-5-6-7-8-9-10-11-12-13-14-15-16-17-21-18-22(24)20-23(25)19-21/h5-6,18-20,24-25H,2-4,7-17H2,1H3. The quantitative estimate of drug-likeness (QED) is 0.258. The fourth-order valence-electron chi connectivity index (χ4n) is 3.19. The van der Waals surface area contributed by atoms with Crippen LogP contribution in [-0.2, 0) is 6.42 Å². The minimum Gasteiger partial charge on any atom is -0.508 e. The smallest absolute Gasteiger partial charge is 0.119 e. The number of unbranched alkanes of at least 4 members (excludes halogenated alkanes) is 11. The third-order valence-electron chi connectivity index (χ3n) is 4.69. The van der Waals surface area contributed by atoms with Gasteiger partial charge >= 0.3 is 0 Å². The van der Waals surface area contributed by atoms with Gasteiger partial charge in [-0.15, -0.1) is 0 Å². The van der Waals surface area contributed by atoms with Crippen molar-refractivity contribution >= 4 is 0 Å². The van der Waals surface area contributed by atoms with Crippen molar-refractivity contribution < 1.29 is 10.2 Å². The van der Waals surface area contributed by atoms with Crippen molar-refractivity contribution in [2.24, 2.45) is 0 Å². The van der Waals surface area contributed by atoms with Crippen LogP contribution in [0, 0.1) is 0 Å². The normalized spacial score (nSPS) is 11.4. The molecule has 0 aliphatic carbocycles. The van der Waals surface area contributed by atoms with Gasteiger partial charge in [0.05, 0.1) is 0 Å². The highest BCUT2D eigenvalue weighted by atomic mass is 16.3. The zero-order valence-electron chi connectivity index (χ0n) is 16.2. The first-order valence-electron chi connectivity index (χ1n) is 10.4. The Bertz CT molecular complexity index is 445. The number of aryl methyl sites for hydroxylation is 1. The molecular formula is C23H38O2. The first kappa shape index (κ1) is 21.6. The Balaban J connectivity index is 1.85. The summed E-state index contributed by atoms with van der Waals surface area (Å²) >= 11 is 0. The van der Waals surface area contributed by atoms with Crippen LogP contribution in [0.2, 0.25) is 0 Å². The van der Waals surface area contributed by atoms with Crippen molar-refractivity contribution in [1.82, 2.24) is 0 Å². The third kappa shape index (κ3) is 12.6. The zero-order valence-corrected chi connectivity index (χ0v) is 16.2. The molecule has 0 saturated heterocycles. The van der Waals surface area contributed by atoms with E-state index in [9.17, 15) is 10.2 Å². The van der Waals surface area contributed by atoms with Crippen LogP contribution in [-0.4, -0.2) is 10.2 Å². The van der Waals surface area contributed by atoms with E-state index in [1.54, 1.807) is 12.1 Å². The van der Waals surface area contributed by atoms with Crippen LogP contribution in [0.4, 0.5) is 0 Å². The molecule has 1 rings (SSSR count). The van der Waals surface area contributed by atoms with Crippen molar-refractivity contribution in [3.63, 3.8) is 0 Å². The van der Waals surface area contributed by atoms with Gasteiger partial charge in [0, 0.05) is 6.07 Å². The maximum atomic E-state index is 9.46. The molecule has 0 unspecified atom stereocenters. The van der Waals surface area contributed by atoms with Crippen LogP contribution in [0.25, 0.3) is 0 Å². The molecule has 0 aliphatic heterocycles. The number of phenols is 2. The topological polar surface area (TPSA) is 40.5 Å². The summed E-state index contributed by atoms with van der Waals surface area (Å²) in [6.07, 6.45) is 22.6. The fourth-order valence-corrected chi connectivity index (χ4v) is 3.19. The van der Waals surface area contributed by atoms with E-state index in [1.165, 1.54) is 83.1 Å². The molecule has 0 saturated carbocycles. The molecule has 2 heteroatoms. The maximum Gasteiger partial charge on any atom is 0.119 e. The first-order chi connectivity index (χ1) is 12.2. The van der Waals surface area contributed by atoms with E-state index in [0.29, 0.717) is 0 Å². The van der Waals surface area contributed by atoms with Gasteiger partial charge in [-0.25, -0.2) is 0 Å². The summed E-state index contributed by atoms with van der Waals surface area (Å²) < 4.78 is 0. The molecule has 0 spiro atoms. The highest BCUT2D eigenvalue weighted by molar-refractivity contribution is 5.36. The maximum absolute atomic E-state index is 9.46. The van der Waals surface area contributed by atoms with Crippen LogP contribution in [0.1, 0.15) is 96.0 Å². The van der Waals surface area contributed by atoms with E-state index in [2.05, 4.69) is 19.1 Å². The molecule has 0 bridgehead atoms. The van der Waals surface area contributed by atoms with Crippen LogP contribution < -0.4 is 0 Å². The second kappa shape index (κ2) is 14.9. The molecule has 2 N–H and O–H groups in total. The van der Waals surface area contributed by atoms with E-state index < -0.39 is 0 Å². The van der Waals surface area contributed by atoms with Gasteiger partial charge in [-0.1, -0.05) is 76.9 Å². The average Bonchev–Trinajstić information content (AvgIpc) is 2.57. The SMILES string of the molecule is CCCCC=CCCCCCCCCCCCc1cc(O)cc(O)c1. The highest BCUT2D eigenvalue weighted by Crippen LogP contribution is 2.22. The molecule has 0 amide bonds. The van der Waals surface area contributed by atoms with Gasteiger partial charge < -0.3 is 10.2 Å². The van der Waals surface area contributed by atoms with Crippen LogP contribution >= 0.6 is 0 Å². The molecule has 0 aliphatic rings. The molecule has 2 nitrogen and oxygen atoms in total. The lowest BCUT2D eigenvalue weighted by molar-refractivity contribution is 0.449. The van der Waals surface area contributed by atoms with Gasteiger partial charge in [0.1, 0.15) is 11.5 Å². The third-order valence-corrected chi connectivity index (χ3v) is 4.69. The molecule has 0 atom stereocenters. The van der Waals surface area contributed by atoms with Gasteiger partial charge in [-0.05, 0) is 49.8 Å². The van der Waals surface area contributed by atoms with Crippen molar-refractivity contribution in [3.05, 3.63) is 35.9 Å². The lowest BCUT2D eigenvalue weighted by atomic mass is 10.0. The van der Waals surface area contributed by atoms with Crippen LogP contribution in [0.5, 0.6) is 11.5 Å². The van der Waals surface area contributed by atoms with E-state index in [4.69, 9.17) is 0 Å². The fraction of sp³-hybridized carbons (Fsp3) is 0.652. The summed E-state index contributed by atoms with van der Waals surface area (Å²) in [7, 11) is 0. The Kier molecular flexibility index (Phi) is 12.8.